The number of rotatable bonds is 6. The maximum Gasteiger partial charge on any atom is 0.375 e. The number of furan rings is 1. The van der Waals surface area contributed by atoms with E-state index in [-0.39, 0.29) is 17.1 Å². The summed E-state index contributed by atoms with van der Waals surface area (Å²) in [6, 6.07) is 15.7. The first kappa shape index (κ1) is 18.8. The Kier molecular flexibility index (Phi) is 5.50. The maximum absolute atomic E-state index is 12.8. The fraction of sp³-hybridized carbons (Fsp3) is 0.100. The van der Waals surface area contributed by atoms with Gasteiger partial charge in [0.1, 0.15) is 5.69 Å². The normalized spacial score (nSPS) is 11.5. The van der Waals surface area contributed by atoms with E-state index in [0.717, 1.165) is 0 Å². The summed E-state index contributed by atoms with van der Waals surface area (Å²) in [6.45, 7) is 1.70. The number of aryl methyl sites for hydroxylation is 1. The molecule has 3 aromatic rings. The van der Waals surface area contributed by atoms with Crippen LogP contribution < -0.4 is 5.32 Å². The zero-order valence-corrected chi connectivity index (χ0v) is 14.8. The van der Waals surface area contributed by atoms with E-state index in [9.17, 15) is 19.7 Å². The molecular formula is C20H16N2O6. The minimum atomic E-state index is -1.32. The topological polar surface area (TPSA) is 112 Å². The van der Waals surface area contributed by atoms with Crippen molar-refractivity contribution >= 4 is 23.3 Å². The van der Waals surface area contributed by atoms with Crippen molar-refractivity contribution < 1.29 is 23.7 Å². The minimum absolute atomic E-state index is 0.00980. The smallest absolute Gasteiger partial charge is 0.375 e. The molecule has 0 radical (unpaired) electrons. The second kappa shape index (κ2) is 8.17. The van der Waals surface area contributed by atoms with Gasteiger partial charge < -0.3 is 14.5 Å². The number of esters is 1. The zero-order chi connectivity index (χ0) is 20.1. The van der Waals surface area contributed by atoms with E-state index in [1.54, 1.807) is 43.3 Å². The molecule has 8 heteroatoms. The van der Waals surface area contributed by atoms with E-state index in [0.29, 0.717) is 11.1 Å². The molecule has 0 spiro atoms. The van der Waals surface area contributed by atoms with Crippen LogP contribution in [0.5, 0.6) is 0 Å². The van der Waals surface area contributed by atoms with E-state index < -0.39 is 22.9 Å². The maximum atomic E-state index is 12.8. The second-order valence-electron chi connectivity index (χ2n) is 5.94. The number of carbonyl (C=O) groups excluding carboxylic acids is 2. The van der Waals surface area contributed by atoms with Gasteiger partial charge in [0.25, 0.3) is 11.6 Å². The molecule has 0 saturated heterocycles. The quantitative estimate of drug-likeness (QED) is 0.392. The predicted molar refractivity (Wildman–Crippen MR) is 99.8 cm³/mol. The highest BCUT2D eigenvalue weighted by Crippen LogP contribution is 2.28. The van der Waals surface area contributed by atoms with Crippen LogP contribution in [0.3, 0.4) is 0 Å². The minimum Gasteiger partial charge on any atom is -0.457 e. The first-order valence-electron chi connectivity index (χ1n) is 8.31. The number of benzene rings is 2. The van der Waals surface area contributed by atoms with Crippen molar-refractivity contribution in [1.82, 2.24) is 0 Å². The van der Waals surface area contributed by atoms with Crippen molar-refractivity contribution in [3.05, 3.63) is 93.9 Å². The third kappa shape index (κ3) is 4.24. The molecule has 1 aromatic heterocycles. The summed E-state index contributed by atoms with van der Waals surface area (Å²) in [7, 11) is 0. The number of nitrogens with one attached hydrogen (secondary N) is 1. The Labute approximate surface area is 159 Å². The lowest BCUT2D eigenvalue weighted by molar-refractivity contribution is -0.384. The molecule has 28 heavy (non-hydrogen) atoms. The van der Waals surface area contributed by atoms with Gasteiger partial charge in [-0.2, -0.15) is 0 Å². The highest BCUT2D eigenvalue weighted by Gasteiger charge is 2.28. The molecule has 1 unspecified atom stereocenters. The van der Waals surface area contributed by atoms with Gasteiger partial charge in [-0.3, -0.25) is 14.9 Å². The molecule has 3 rings (SSSR count). The number of carbonyl (C=O) groups is 2. The summed E-state index contributed by atoms with van der Waals surface area (Å²) in [5.74, 6) is -1.61. The van der Waals surface area contributed by atoms with Crippen molar-refractivity contribution in [1.29, 1.82) is 0 Å². The van der Waals surface area contributed by atoms with Crippen molar-refractivity contribution in [2.45, 2.75) is 13.0 Å². The number of hydrogen-bond acceptors (Lipinski definition) is 6. The Balaban J connectivity index is 1.89. The Hall–Kier alpha value is -3.94. The largest absolute Gasteiger partial charge is 0.457 e. The molecule has 0 bridgehead atoms. The third-order valence-electron chi connectivity index (χ3n) is 3.90. The molecule has 0 aliphatic carbocycles. The summed E-state index contributed by atoms with van der Waals surface area (Å²) in [4.78, 5) is 35.8. The molecule has 2 aromatic carbocycles. The number of nitro benzene ring substituents is 1. The van der Waals surface area contributed by atoms with Gasteiger partial charge in [0.2, 0.25) is 11.9 Å². The van der Waals surface area contributed by atoms with E-state index in [1.165, 1.54) is 30.5 Å². The van der Waals surface area contributed by atoms with Gasteiger partial charge in [0.15, 0.2) is 0 Å². The first-order chi connectivity index (χ1) is 13.5. The van der Waals surface area contributed by atoms with Gasteiger partial charge in [-0.25, -0.2) is 4.79 Å². The van der Waals surface area contributed by atoms with E-state index in [2.05, 4.69) is 5.32 Å². The summed E-state index contributed by atoms with van der Waals surface area (Å²) in [6.07, 6.45) is -0.0103. The van der Waals surface area contributed by atoms with Gasteiger partial charge in [-0.15, -0.1) is 0 Å². The van der Waals surface area contributed by atoms with Crippen LogP contribution in [0.25, 0.3) is 0 Å². The molecule has 0 aliphatic rings. The van der Waals surface area contributed by atoms with Crippen LogP contribution in [0.4, 0.5) is 11.4 Å². The summed E-state index contributed by atoms with van der Waals surface area (Å²) < 4.78 is 10.3. The number of ether oxygens (including phenoxy) is 1. The van der Waals surface area contributed by atoms with Gasteiger partial charge >= 0.3 is 5.97 Å². The highest BCUT2D eigenvalue weighted by molar-refractivity contribution is 5.99. The van der Waals surface area contributed by atoms with Crippen LogP contribution in [0.2, 0.25) is 0 Å². The molecule has 0 aliphatic heterocycles. The molecular weight excluding hydrogens is 364 g/mol. The lowest BCUT2D eigenvalue weighted by atomic mass is 10.1. The molecule has 1 N–H and O–H groups in total. The summed E-state index contributed by atoms with van der Waals surface area (Å²) in [5, 5.41) is 13.8. The lowest BCUT2D eigenvalue weighted by Crippen LogP contribution is -2.26. The first-order valence-corrected chi connectivity index (χ1v) is 8.31. The molecule has 1 amide bonds. The fourth-order valence-electron chi connectivity index (χ4n) is 2.56. The Bertz CT molecular complexity index is 999. The Morgan fingerprint density at radius 2 is 1.86 bits per heavy atom. The van der Waals surface area contributed by atoms with E-state index >= 15 is 0 Å². The molecule has 142 valence electrons. The van der Waals surface area contributed by atoms with E-state index in [1.807, 2.05) is 0 Å². The average molecular weight is 380 g/mol. The standard InChI is InChI=1S/C20H16N2O6/c1-13-9-10-15(16(12-13)22(25)26)21-19(23)18(14-6-3-2-4-7-14)28-20(24)17-8-5-11-27-17/h2-12,18H,1H3,(H,21,23). The molecule has 1 atom stereocenters. The van der Waals surface area contributed by atoms with Crippen LogP contribution in [-0.4, -0.2) is 16.8 Å². The van der Waals surface area contributed by atoms with E-state index in [4.69, 9.17) is 9.15 Å². The predicted octanol–water partition coefficient (Wildman–Crippen LogP) is 4.03. The Morgan fingerprint density at radius 3 is 2.50 bits per heavy atom. The lowest BCUT2D eigenvalue weighted by Gasteiger charge is -2.17. The van der Waals surface area contributed by atoms with Gasteiger partial charge in [-0.1, -0.05) is 36.4 Å². The molecule has 0 saturated carbocycles. The van der Waals surface area contributed by atoms with Gasteiger partial charge in [0.05, 0.1) is 11.2 Å². The van der Waals surface area contributed by atoms with Crippen LogP contribution in [0.1, 0.15) is 27.8 Å². The number of nitrogens with zero attached hydrogens (tertiary/aromatic N) is 1. The number of hydrogen-bond donors (Lipinski definition) is 1. The second-order valence-corrected chi connectivity index (χ2v) is 5.94. The van der Waals surface area contributed by atoms with Crippen LogP contribution in [-0.2, 0) is 9.53 Å². The zero-order valence-electron chi connectivity index (χ0n) is 14.8. The van der Waals surface area contributed by atoms with Crippen molar-refractivity contribution in [3.63, 3.8) is 0 Å². The average Bonchev–Trinajstić information content (AvgIpc) is 3.22. The van der Waals surface area contributed by atoms with Crippen LogP contribution in [0, 0.1) is 17.0 Å². The van der Waals surface area contributed by atoms with Crippen LogP contribution in [0.15, 0.2) is 71.3 Å². The monoisotopic (exact) mass is 380 g/mol. The Morgan fingerprint density at radius 1 is 1.11 bits per heavy atom. The highest BCUT2D eigenvalue weighted by atomic mass is 16.6. The van der Waals surface area contributed by atoms with Crippen molar-refractivity contribution in [3.8, 4) is 0 Å². The number of amides is 1. The molecule has 8 nitrogen and oxygen atoms in total. The van der Waals surface area contributed by atoms with Gasteiger partial charge in [-0.05, 0) is 30.7 Å². The number of anilines is 1. The fourth-order valence-corrected chi connectivity index (χ4v) is 2.56. The van der Waals surface area contributed by atoms with Gasteiger partial charge in [0, 0.05) is 11.6 Å². The summed E-state index contributed by atoms with van der Waals surface area (Å²) in [5.41, 5.74) is 0.844. The van der Waals surface area contributed by atoms with Crippen molar-refractivity contribution in [2.75, 3.05) is 5.32 Å². The summed E-state index contributed by atoms with van der Waals surface area (Å²) >= 11 is 0. The molecule has 1 heterocycles. The number of nitro groups is 1. The van der Waals surface area contributed by atoms with Crippen LogP contribution >= 0.6 is 0 Å². The molecule has 0 fully saturated rings. The third-order valence-corrected chi connectivity index (χ3v) is 3.90. The van der Waals surface area contributed by atoms with Crippen molar-refractivity contribution in [2.24, 2.45) is 0 Å². The SMILES string of the molecule is Cc1ccc(NC(=O)C(OC(=O)c2ccco2)c2ccccc2)c([N+](=O)[O-])c1.